The van der Waals surface area contributed by atoms with Crippen LogP contribution in [0.2, 0.25) is 10.0 Å². The highest BCUT2D eigenvalue weighted by Crippen LogP contribution is 2.40. The van der Waals surface area contributed by atoms with Crippen LogP contribution in [0.25, 0.3) is 21.5 Å². The molecular formula is C22H25Cl2N5O2S. The van der Waals surface area contributed by atoms with Gasteiger partial charge >= 0.3 is 0 Å². The third kappa shape index (κ3) is 5.09. The largest absolute Gasteiger partial charge is 0.491 e. The maximum Gasteiger partial charge on any atom is 0.261 e. The first-order chi connectivity index (χ1) is 15.5. The van der Waals surface area contributed by atoms with Gasteiger partial charge < -0.3 is 21.1 Å². The number of aromatic nitrogens is 2. The SMILES string of the molecule is CNC(=O)c1cc2c(-c3cc(OCCNC4CCCCC4)c(Cl)cc3Cl)nc(N)nc2s1. The minimum absolute atomic E-state index is 0.1000. The van der Waals surface area contributed by atoms with Gasteiger partial charge in [-0.2, -0.15) is 0 Å². The van der Waals surface area contributed by atoms with Gasteiger partial charge in [-0.1, -0.05) is 42.5 Å². The molecule has 3 aromatic rings. The summed E-state index contributed by atoms with van der Waals surface area (Å²) < 4.78 is 5.96. The van der Waals surface area contributed by atoms with Crippen molar-refractivity contribution < 1.29 is 9.53 Å². The van der Waals surface area contributed by atoms with E-state index in [9.17, 15) is 4.79 Å². The lowest BCUT2D eigenvalue weighted by molar-refractivity contribution is 0.0967. The second-order valence-electron chi connectivity index (χ2n) is 7.74. The minimum atomic E-state index is -0.200. The van der Waals surface area contributed by atoms with Crippen molar-refractivity contribution in [1.82, 2.24) is 20.6 Å². The van der Waals surface area contributed by atoms with Crippen LogP contribution in [0.3, 0.4) is 0 Å². The third-order valence-electron chi connectivity index (χ3n) is 5.54. The number of hydrogen-bond acceptors (Lipinski definition) is 7. The summed E-state index contributed by atoms with van der Waals surface area (Å²) in [4.78, 5) is 21.9. The van der Waals surface area contributed by atoms with Crippen LogP contribution in [0, 0.1) is 0 Å². The van der Waals surface area contributed by atoms with Crippen molar-refractivity contribution in [2.75, 3.05) is 25.9 Å². The molecule has 10 heteroatoms. The minimum Gasteiger partial charge on any atom is -0.491 e. The first-order valence-electron chi connectivity index (χ1n) is 10.6. The molecule has 4 rings (SSSR count). The van der Waals surface area contributed by atoms with Gasteiger partial charge in [-0.15, -0.1) is 11.3 Å². The number of thiophene rings is 1. The van der Waals surface area contributed by atoms with Gasteiger partial charge in [0.2, 0.25) is 5.95 Å². The van der Waals surface area contributed by atoms with Gasteiger partial charge in [0.05, 0.1) is 20.6 Å². The van der Waals surface area contributed by atoms with Crippen LogP contribution in [0.5, 0.6) is 5.75 Å². The molecule has 2 aromatic heterocycles. The zero-order chi connectivity index (χ0) is 22.7. The fraction of sp³-hybridized carbons (Fsp3) is 0.409. The van der Waals surface area contributed by atoms with Crippen LogP contribution < -0.4 is 21.1 Å². The number of benzene rings is 1. The third-order valence-corrected chi connectivity index (χ3v) is 7.17. The molecule has 1 fully saturated rings. The molecule has 0 atom stereocenters. The number of halogens is 2. The number of fused-ring (bicyclic) bond motifs is 1. The average Bonchev–Trinajstić information content (AvgIpc) is 3.21. The number of nitrogens with zero attached hydrogens (tertiary/aromatic N) is 2. The summed E-state index contributed by atoms with van der Waals surface area (Å²) in [5.74, 6) is 0.417. The first kappa shape index (κ1) is 23.0. The quantitative estimate of drug-likeness (QED) is 0.404. The van der Waals surface area contributed by atoms with E-state index in [-0.39, 0.29) is 11.9 Å². The molecule has 1 saturated carbocycles. The molecule has 32 heavy (non-hydrogen) atoms. The Morgan fingerprint density at radius 1 is 1.19 bits per heavy atom. The summed E-state index contributed by atoms with van der Waals surface area (Å²) in [5.41, 5.74) is 7.09. The van der Waals surface area contributed by atoms with Gasteiger partial charge in [0.25, 0.3) is 5.91 Å². The molecule has 2 heterocycles. The Hall–Kier alpha value is -2.13. The van der Waals surface area contributed by atoms with Gasteiger partial charge in [-0.25, -0.2) is 9.97 Å². The second-order valence-corrected chi connectivity index (χ2v) is 9.58. The number of anilines is 1. The first-order valence-corrected chi connectivity index (χ1v) is 12.2. The predicted octanol–water partition coefficient (Wildman–Crippen LogP) is 4.91. The Balaban J connectivity index is 1.59. The number of amides is 1. The molecule has 1 aromatic carbocycles. The Labute approximate surface area is 200 Å². The molecular weight excluding hydrogens is 469 g/mol. The average molecular weight is 494 g/mol. The van der Waals surface area contributed by atoms with E-state index in [1.807, 2.05) is 0 Å². The standard InChI is InChI=1S/C22H25Cl2N5O2S/c1-26-20(30)18-10-14-19(28-22(25)29-21(14)32-18)13-9-17(16(24)11-15(13)23)31-8-7-27-12-5-3-2-4-6-12/h9-12,27H,2-8H2,1H3,(H,26,30)(H2,25,28,29). The molecule has 7 nitrogen and oxygen atoms in total. The molecule has 0 saturated heterocycles. The highest BCUT2D eigenvalue weighted by atomic mass is 35.5. The van der Waals surface area contributed by atoms with Crippen LogP contribution in [0.1, 0.15) is 41.8 Å². The normalized spacial score (nSPS) is 14.6. The summed E-state index contributed by atoms with van der Waals surface area (Å²) in [6, 6.07) is 5.71. The van der Waals surface area contributed by atoms with Crippen LogP contribution in [0.15, 0.2) is 18.2 Å². The predicted molar refractivity (Wildman–Crippen MR) is 131 cm³/mol. The highest BCUT2D eigenvalue weighted by molar-refractivity contribution is 7.20. The fourth-order valence-electron chi connectivity index (χ4n) is 3.93. The van der Waals surface area contributed by atoms with Crippen LogP contribution in [0.4, 0.5) is 5.95 Å². The number of nitrogens with one attached hydrogen (secondary N) is 2. The van der Waals surface area contributed by atoms with E-state index in [1.165, 1.54) is 43.4 Å². The van der Waals surface area contributed by atoms with E-state index in [0.717, 1.165) is 6.54 Å². The molecule has 0 bridgehead atoms. The number of hydrogen-bond donors (Lipinski definition) is 3. The molecule has 1 aliphatic carbocycles. The van der Waals surface area contributed by atoms with Gasteiger partial charge in [-0.3, -0.25) is 4.79 Å². The van der Waals surface area contributed by atoms with Crippen LogP contribution >= 0.6 is 34.5 Å². The van der Waals surface area contributed by atoms with E-state index < -0.39 is 0 Å². The van der Waals surface area contributed by atoms with Gasteiger partial charge in [-0.05, 0) is 31.0 Å². The molecule has 0 radical (unpaired) electrons. The fourth-order valence-corrected chi connectivity index (χ4v) is 5.44. The lowest BCUT2D eigenvalue weighted by Gasteiger charge is -2.23. The van der Waals surface area contributed by atoms with Gasteiger partial charge in [0.1, 0.15) is 17.2 Å². The Bertz CT molecular complexity index is 1130. The van der Waals surface area contributed by atoms with E-state index in [4.69, 9.17) is 33.7 Å². The number of carbonyl (C=O) groups excluding carboxylic acids is 1. The summed E-state index contributed by atoms with van der Waals surface area (Å²) in [5, 5.41) is 7.70. The number of ether oxygens (including phenoxy) is 1. The van der Waals surface area contributed by atoms with Gasteiger partial charge in [0.15, 0.2) is 0 Å². The van der Waals surface area contributed by atoms with Crippen molar-refractivity contribution in [3.63, 3.8) is 0 Å². The van der Waals surface area contributed by atoms with E-state index in [1.54, 1.807) is 25.2 Å². The van der Waals surface area contributed by atoms with E-state index in [2.05, 4.69) is 20.6 Å². The van der Waals surface area contributed by atoms with E-state index >= 15 is 0 Å². The summed E-state index contributed by atoms with van der Waals surface area (Å²) >= 11 is 14.2. The van der Waals surface area contributed by atoms with Crippen molar-refractivity contribution in [1.29, 1.82) is 0 Å². The Morgan fingerprint density at radius 2 is 1.97 bits per heavy atom. The lowest BCUT2D eigenvalue weighted by Crippen LogP contribution is -2.34. The van der Waals surface area contributed by atoms with Crippen LogP contribution in [-0.4, -0.2) is 42.1 Å². The topological polar surface area (TPSA) is 102 Å². The zero-order valence-corrected chi connectivity index (χ0v) is 20.0. The summed E-state index contributed by atoms with van der Waals surface area (Å²) in [6.07, 6.45) is 6.33. The molecule has 1 aliphatic rings. The summed E-state index contributed by atoms with van der Waals surface area (Å²) in [6.45, 7) is 1.22. The lowest BCUT2D eigenvalue weighted by atomic mass is 9.96. The molecule has 170 valence electrons. The molecule has 0 spiro atoms. The monoisotopic (exact) mass is 493 g/mol. The van der Waals surface area contributed by atoms with E-state index in [0.29, 0.717) is 54.8 Å². The molecule has 0 unspecified atom stereocenters. The van der Waals surface area contributed by atoms with Crippen molar-refractivity contribution in [2.24, 2.45) is 0 Å². The zero-order valence-electron chi connectivity index (χ0n) is 17.7. The smallest absolute Gasteiger partial charge is 0.261 e. The second kappa shape index (κ2) is 10.2. The van der Waals surface area contributed by atoms with Crippen LogP contribution in [-0.2, 0) is 0 Å². The maximum absolute atomic E-state index is 12.1. The Kier molecular flexibility index (Phi) is 7.35. The number of carbonyl (C=O) groups is 1. The van der Waals surface area contributed by atoms with Crippen molar-refractivity contribution in [2.45, 2.75) is 38.1 Å². The molecule has 4 N–H and O–H groups in total. The van der Waals surface area contributed by atoms with Crippen molar-refractivity contribution >= 4 is 56.6 Å². The maximum atomic E-state index is 12.1. The Morgan fingerprint density at radius 3 is 2.72 bits per heavy atom. The number of nitrogens with two attached hydrogens (primary N) is 1. The molecule has 0 aliphatic heterocycles. The highest BCUT2D eigenvalue weighted by Gasteiger charge is 2.19. The number of nitrogen functional groups attached to an aromatic ring is 1. The number of rotatable bonds is 7. The van der Waals surface area contributed by atoms with Crippen molar-refractivity contribution in [3.05, 3.63) is 33.1 Å². The molecule has 1 amide bonds. The van der Waals surface area contributed by atoms with Crippen molar-refractivity contribution in [3.8, 4) is 17.0 Å². The van der Waals surface area contributed by atoms with Gasteiger partial charge in [0, 0.05) is 30.6 Å². The summed E-state index contributed by atoms with van der Waals surface area (Å²) in [7, 11) is 1.58.